The maximum absolute atomic E-state index is 12.8. The summed E-state index contributed by atoms with van der Waals surface area (Å²) in [6, 6.07) is 9.28. The van der Waals surface area contributed by atoms with Gasteiger partial charge in [0.15, 0.2) is 6.61 Å². The zero-order valence-electron chi connectivity index (χ0n) is 17.9. The first-order valence-corrected chi connectivity index (χ1v) is 10.6. The third-order valence-electron chi connectivity index (χ3n) is 4.59. The first-order valence-electron chi connectivity index (χ1n) is 9.78. The first kappa shape index (κ1) is 24.8. The number of rotatable bonds is 7. The quantitative estimate of drug-likeness (QED) is 0.279. The van der Waals surface area contributed by atoms with Gasteiger partial charge < -0.3 is 10.1 Å². The van der Waals surface area contributed by atoms with E-state index in [-0.39, 0.29) is 6.42 Å². The zero-order valence-corrected chi connectivity index (χ0v) is 18.7. The zero-order chi connectivity index (χ0) is 25.0. The van der Waals surface area contributed by atoms with Crippen LogP contribution in [0.2, 0.25) is 0 Å². The van der Waals surface area contributed by atoms with Crippen molar-refractivity contribution < 1.29 is 32.4 Å². The highest BCUT2D eigenvalue weighted by Crippen LogP contribution is 2.35. The molecule has 1 aromatic heterocycles. The van der Waals surface area contributed by atoms with Crippen molar-refractivity contribution in [3.63, 3.8) is 0 Å². The smallest absolute Gasteiger partial charge is 0.416 e. The Labute approximate surface area is 195 Å². The van der Waals surface area contributed by atoms with E-state index < -0.39 is 46.5 Å². The molecule has 3 aromatic rings. The van der Waals surface area contributed by atoms with Gasteiger partial charge >= 0.3 is 12.1 Å². The molecule has 0 spiro atoms. The van der Waals surface area contributed by atoms with Crippen LogP contribution in [0.5, 0.6) is 0 Å². The second-order valence-electron chi connectivity index (χ2n) is 7.24. The van der Waals surface area contributed by atoms with Gasteiger partial charge in [-0.1, -0.05) is 29.8 Å². The van der Waals surface area contributed by atoms with Gasteiger partial charge in [-0.15, -0.1) is 11.3 Å². The number of hydrogen-bond donors (Lipinski definition) is 1. The first-order chi connectivity index (χ1) is 15.9. The minimum absolute atomic E-state index is 0.150. The van der Waals surface area contributed by atoms with Gasteiger partial charge in [0.1, 0.15) is 5.69 Å². The van der Waals surface area contributed by atoms with E-state index in [2.05, 4.69) is 10.3 Å². The van der Waals surface area contributed by atoms with Crippen LogP contribution in [-0.4, -0.2) is 28.4 Å². The lowest BCUT2D eigenvalue weighted by molar-refractivity contribution is -0.384. The van der Waals surface area contributed by atoms with Crippen molar-refractivity contribution in [3.05, 3.63) is 73.6 Å². The van der Waals surface area contributed by atoms with Crippen LogP contribution >= 0.6 is 11.3 Å². The van der Waals surface area contributed by atoms with E-state index >= 15 is 0 Å². The minimum Gasteiger partial charge on any atom is -0.455 e. The van der Waals surface area contributed by atoms with Crippen molar-refractivity contribution in [2.24, 2.45) is 0 Å². The Morgan fingerprint density at radius 1 is 1.15 bits per heavy atom. The molecule has 0 aliphatic rings. The van der Waals surface area contributed by atoms with E-state index in [0.29, 0.717) is 22.7 Å². The largest absolute Gasteiger partial charge is 0.455 e. The maximum Gasteiger partial charge on any atom is 0.416 e. The Morgan fingerprint density at radius 2 is 1.82 bits per heavy atom. The lowest BCUT2D eigenvalue weighted by atomic mass is 10.1. The van der Waals surface area contributed by atoms with Crippen LogP contribution in [-0.2, 0) is 26.9 Å². The third-order valence-corrected chi connectivity index (χ3v) is 5.57. The number of ether oxygens (including phenoxy) is 1. The van der Waals surface area contributed by atoms with Crippen LogP contribution in [0.3, 0.4) is 0 Å². The fourth-order valence-corrected chi connectivity index (χ4v) is 3.95. The molecule has 0 aliphatic heterocycles. The molecular formula is C22H18F3N3O5S. The number of thiazole rings is 1. The number of halogens is 3. The SMILES string of the molecule is Cc1ccc(-c2nc(C)sc2CC(=O)OCC(=O)Nc2ccc(C(F)(F)F)cc2[N+](=O)[O-])cc1. The summed E-state index contributed by atoms with van der Waals surface area (Å²) in [5, 5.41) is 14.0. The van der Waals surface area contributed by atoms with Gasteiger partial charge in [0.05, 0.1) is 27.6 Å². The maximum atomic E-state index is 12.8. The predicted octanol–water partition coefficient (Wildman–Crippen LogP) is 5.08. The van der Waals surface area contributed by atoms with E-state index in [4.69, 9.17) is 4.74 Å². The summed E-state index contributed by atoms with van der Waals surface area (Å²) in [6.07, 6.45) is -4.93. The van der Waals surface area contributed by atoms with E-state index in [1.165, 1.54) is 11.3 Å². The number of nitro groups is 1. The van der Waals surface area contributed by atoms with Crippen LogP contribution in [0.25, 0.3) is 11.3 Å². The number of nitro benzene ring substituents is 1. The highest BCUT2D eigenvalue weighted by molar-refractivity contribution is 7.12. The van der Waals surface area contributed by atoms with Gasteiger partial charge in [-0.05, 0) is 26.0 Å². The number of aryl methyl sites for hydroxylation is 2. The molecule has 0 radical (unpaired) electrons. The Morgan fingerprint density at radius 3 is 2.44 bits per heavy atom. The second-order valence-corrected chi connectivity index (χ2v) is 8.53. The van der Waals surface area contributed by atoms with E-state index in [1.54, 1.807) is 6.92 Å². The summed E-state index contributed by atoms with van der Waals surface area (Å²) in [7, 11) is 0. The van der Waals surface area contributed by atoms with Gasteiger partial charge in [-0.3, -0.25) is 19.7 Å². The number of carbonyl (C=O) groups is 2. The fraction of sp³-hybridized carbons (Fsp3) is 0.227. The molecule has 1 heterocycles. The monoisotopic (exact) mass is 493 g/mol. The number of alkyl halides is 3. The molecule has 0 bridgehead atoms. The molecule has 8 nitrogen and oxygen atoms in total. The Bertz CT molecular complexity index is 1240. The molecule has 1 amide bonds. The van der Waals surface area contributed by atoms with Gasteiger partial charge in [0.25, 0.3) is 11.6 Å². The topological polar surface area (TPSA) is 111 Å². The number of aromatic nitrogens is 1. The van der Waals surface area contributed by atoms with Gasteiger partial charge in [-0.25, -0.2) is 4.98 Å². The molecule has 178 valence electrons. The molecule has 0 saturated carbocycles. The fourth-order valence-electron chi connectivity index (χ4n) is 3.01. The molecule has 3 rings (SSSR count). The normalized spacial score (nSPS) is 11.2. The van der Waals surface area contributed by atoms with Gasteiger partial charge in [0, 0.05) is 16.5 Å². The van der Waals surface area contributed by atoms with Crippen molar-refractivity contribution >= 4 is 34.6 Å². The van der Waals surface area contributed by atoms with Crippen LogP contribution in [0.4, 0.5) is 24.5 Å². The Hall–Kier alpha value is -3.80. The minimum atomic E-state index is -4.78. The van der Waals surface area contributed by atoms with Gasteiger partial charge in [0.2, 0.25) is 0 Å². The van der Waals surface area contributed by atoms with Crippen molar-refractivity contribution in [2.45, 2.75) is 26.4 Å². The number of carbonyl (C=O) groups excluding carboxylic acids is 2. The van der Waals surface area contributed by atoms with Crippen LogP contribution in [0.1, 0.15) is 21.0 Å². The summed E-state index contributed by atoms with van der Waals surface area (Å²) < 4.78 is 43.4. The molecule has 0 saturated heterocycles. The summed E-state index contributed by atoms with van der Waals surface area (Å²) in [6.45, 7) is 2.97. The summed E-state index contributed by atoms with van der Waals surface area (Å²) in [5.74, 6) is -1.66. The average Bonchev–Trinajstić information content (AvgIpc) is 3.12. The average molecular weight is 493 g/mol. The van der Waals surface area contributed by atoms with Crippen molar-refractivity contribution in [3.8, 4) is 11.3 Å². The number of nitrogens with one attached hydrogen (secondary N) is 1. The lowest BCUT2D eigenvalue weighted by Gasteiger charge is -2.10. The molecule has 2 aromatic carbocycles. The number of amides is 1. The van der Waals surface area contributed by atoms with Crippen LogP contribution in [0.15, 0.2) is 42.5 Å². The molecule has 0 fully saturated rings. The van der Waals surface area contributed by atoms with E-state index in [1.807, 2.05) is 31.2 Å². The predicted molar refractivity (Wildman–Crippen MR) is 118 cm³/mol. The van der Waals surface area contributed by atoms with Crippen molar-refractivity contribution in [2.75, 3.05) is 11.9 Å². The molecule has 0 atom stereocenters. The molecule has 1 N–H and O–H groups in total. The summed E-state index contributed by atoms with van der Waals surface area (Å²) in [5.41, 5.74) is -0.0885. The molecule has 12 heteroatoms. The number of anilines is 1. The number of hydrogen-bond acceptors (Lipinski definition) is 7. The van der Waals surface area contributed by atoms with E-state index in [0.717, 1.165) is 22.2 Å². The van der Waals surface area contributed by atoms with Crippen LogP contribution in [0, 0.1) is 24.0 Å². The second kappa shape index (κ2) is 10.00. The summed E-state index contributed by atoms with van der Waals surface area (Å²) in [4.78, 5) is 39.6. The molecule has 34 heavy (non-hydrogen) atoms. The van der Waals surface area contributed by atoms with Crippen molar-refractivity contribution in [1.82, 2.24) is 4.98 Å². The number of benzene rings is 2. The van der Waals surface area contributed by atoms with Gasteiger partial charge in [-0.2, -0.15) is 13.2 Å². The summed E-state index contributed by atoms with van der Waals surface area (Å²) >= 11 is 1.31. The number of nitrogens with zero attached hydrogens (tertiary/aromatic N) is 2. The van der Waals surface area contributed by atoms with Crippen LogP contribution < -0.4 is 5.32 Å². The highest BCUT2D eigenvalue weighted by Gasteiger charge is 2.33. The Kier molecular flexibility index (Phi) is 7.30. The highest BCUT2D eigenvalue weighted by atomic mass is 32.1. The lowest BCUT2D eigenvalue weighted by Crippen LogP contribution is -2.22. The molecular weight excluding hydrogens is 475 g/mol. The molecule has 0 unspecified atom stereocenters. The molecule has 0 aliphatic carbocycles. The van der Waals surface area contributed by atoms with Crippen molar-refractivity contribution in [1.29, 1.82) is 0 Å². The standard InChI is InChI=1S/C22H18F3N3O5S/c1-12-3-5-14(6-4-12)21-18(34-13(2)26-21)10-20(30)33-11-19(29)27-16-8-7-15(22(23,24)25)9-17(16)28(31)32/h3-9H,10-11H2,1-2H3,(H,27,29). The Balaban J connectivity index is 1.64. The van der Waals surface area contributed by atoms with E-state index in [9.17, 15) is 32.9 Å². The number of esters is 1. The third kappa shape index (κ3) is 6.16.